The Labute approximate surface area is 126 Å². The molecule has 0 spiro atoms. The van der Waals surface area contributed by atoms with Gasteiger partial charge in [-0.05, 0) is 56.2 Å². The summed E-state index contributed by atoms with van der Waals surface area (Å²) in [6.07, 6.45) is 1.98. The van der Waals surface area contributed by atoms with E-state index in [0.717, 1.165) is 30.6 Å². The van der Waals surface area contributed by atoms with Crippen LogP contribution in [0.4, 0.5) is 5.69 Å². The van der Waals surface area contributed by atoms with Gasteiger partial charge in [0, 0.05) is 18.8 Å². The Bertz CT molecular complexity index is 620. The number of sulfonamides is 1. The largest absolute Gasteiger partial charge is 0.398 e. The molecule has 1 saturated heterocycles. The first-order valence-electron chi connectivity index (χ1n) is 7.26. The number of nitrogens with one attached hydrogen (secondary N) is 1. The Balaban J connectivity index is 2.21. The molecule has 5 nitrogen and oxygen atoms in total. The summed E-state index contributed by atoms with van der Waals surface area (Å²) in [6, 6.07) is 1.82. The lowest BCUT2D eigenvalue weighted by Gasteiger charge is -2.23. The summed E-state index contributed by atoms with van der Waals surface area (Å²) in [6.45, 7) is 7.26. The lowest BCUT2D eigenvalue weighted by atomic mass is 10.0. The summed E-state index contributed by atoms with van der Waals surface area (Å²) in [5, 5.41) is 0. The van der Waals surface area contributed by atoms with Gasteiger partial charge in [0.2, 0.25) is 10.0 Å². The topological polar surface area (TPSA) is 81.4 Å². The van der Waals surface area contributed by atoms with Gasteiger partial charge in [0.05, 0.1) is 11.5 Å². The predicted molar refractivity (Wildman–Crippen MR) is 83.8 cm³/mol. The Morgan fingerprint density at radius 2 is 2.05 bits per heavy atom. The van der Waals surface area contributed by atoms with Crippen molar-refractivity contribution < 1.29 is 13.2 Å². The van der Waals surface area contributed by atoms with E-state index in [2.05, 4.69) is 4.72 Å². The van der Waals surface area contributed by atoms with Crippen molar-refractivity contribution in [3.63, 3.8) is 0 Å². The van der Waals surface area contributed by atoms with Crippen molar-refractivity contribution >= 4 is 15.7 Å². The number of ether oxygens (including phenoxy) is 1. The minimum atomic E-state index is -3.55. The molecule has 0 bridgehead atoms. The molecule has 6 heteroatoms. The first kappa shape index (κ1) is 16.3. The Morgan fingerprint density at radius 1 is 1.33 bits per heavy atom. The molecular weight excluding hydrogens is 288 g/mol. The summed E-state index contributed by atoms with van der Waals surface area (Å²) in [4.78, 5) is 0.308. The van der Waals surface area contributed by atoms with E-state index in [9.17, 15) is 8.42 Å². The van der Waals surface area contributed by atoms with Crippen molar-refractivity contribution in [3.05, 3.63) is 22.8 Å². The Kier molecular flexibility index (Phi) is 4.91. The summed E-state index contributed by atoms with van der Waals surface area (Å²) in [5.74, 6) is 0.247. The van der Waals surface area contributed by atoms with Crippen LogP contribution in [-0.2, 0) is 14.8 Å². The summed E-state index contributed by atoms with van der Waals surface area (Å²) in [5.41, 5.74) is 8.78. The van der Waals surface area contributed by atoms with Crippen LogP contribution in [0, 0.1) is 26.7 Å². The van der Waals surface area contributed by atoms with Crippen LogP contribution < -0.4 is 10.5 Å². The Hall–Kier alpha value is -1.11. The van der Waals surface area contributed by atoms with Crippen LogP contribution in [0.1, 0.15) is 29.5 Å². The number of hydrogen-bond acceptors (Lipinski definition) is 4. The molecule has 1 aliphatic heterocycles. The highest BCUT2D eigenvalue weighted by atomic mass is 32.2. The number of nitrogen functional groups attached to an aromatic ring is 1. The van der Waals surface area contributed by atoms with E-state index in [1.807, 2.05) is 13.0 Å². The lowest BCUT2D eigenvalue weighted by Crippen LogP contribution is -2.34. The molecular formula is C15H24N2O3S. The molecule has 0 amide bonds. The van der Waals surface area contributed by atoms with Crippen LogP contribution in [0.15, 0.2) is 11.0 Å². The number of benzene rings is 1. The molecule has 0 saturated carbocycles. The summed E-state index contributed by atoms with van der Waals surface area (Å²) < 4.78 is 33.2. The third-order valence-electron chi connectivity index (χ3n) is 4.05. The van der Waals surface area contributed by atoms with E-state index in [1.165, 1.54) is 0 Å². The minimum Gasteiger partial charge on any atom is -0.398 e. The monoisotopic (exact) mass is 312 g/mol. The van der Waals surface area contributed by atoms with Crippen LogP contribution in [0.5, 0.6) is 0 Å². The number of hydrogen-bond donors (Lipinski definition) is 2. The fourth-order valence-corrected chi connectivity index (χ4v) is 4.46. The number of nitrogens with two attached hydrogens (primary N) is 1. The van der Waals surface area contributed by atoms with Crippen molar-refractivity contribution in [2.24, 2.45) is 5.92 Å². The maximum atomic E-state index is 12.6. The molecule has 1 aliphatic rings. The third kappa shape index (κ3) is 3.56. The molecule has 1 atom stereocenters. The van der Waals surface area contributed by atoms with Gasteiger partial charge in [-0.1, -0.05) is 6.07 Å². The van der Waals surface area contributed by atoms with Gasteiger partial charge < -0.3 is 10.5 Å². The SMILES string of the molecule is Cc1cc(C)c(S(=O)(=O)NCC2CCCOC2)c(C)c1N. The number of anilines is 1. The van der Waals surface area contributed by atoms with Gasteiger partial charge in [-0.25, -0.2) is 13.1 Å². The van der Waals surface area contributed by atoms with E-state index in [4.69, 9.17) is 10.5 Å². The number of aryl methyl sites for hydroxylation is 2. The van der Waals surface area contributed by atoms with Crippen molar-refractivity contribution in [2.75, 3.05) is 25.5 Å². The second-order valence-electron chi connectivity index (χ2n) is 5.81. The van der Waals surface area contributed by atoms with Gasteiger partial charge in [0.25, 0.3) is 0 Å². The van der Waals surface area contributed by atoms with E-state index in [-0.39, 0.29) is 5.92 Å². The van der Waals surface area contributed by atoms with Crippen molar-refractivity contribution in [1.29, 1.82) is 0 Å². The molecule has 3 N–H and O–H groups in total. The van der Waals surface area contributed by atoms with Crippen LogP contribution in [0.2, 0.25) is 0 Å². The molecule has 21 heavy (non-hydrogen) atoms. The van der Waals surface area contributed by atoms with Gasteiger partial charge >= 0.3 is 0 Å². The summed E-state index contributed by atoms with van der Waals surface area (Å²) in [7, 11) is -3.55. The van der Waals surface area contributed by atoms with E-state index in [1.54, 1.807) is 13.8 Å². The average molecular weight is 312 g/mol. The molecule has 118 valence electrons. The lowest BCUT2D eigenvalue weighted by molar-refractivity contribution is 0.0568. The van der Waals surface area contributed by atoms with E-state index < -0.39 is 10.0 Å². The molecule has 0 aliphatic carbocycles. The summed E-state index contributed by atoms with van der Waals surface area (Å²) >= 11 is 0. The molecule has 1 fully saturated rings. The van der Waals surface area contributed by atoms with Crippen LogP contribution >= 0.6 is 0 Å². The molecule has 1 heterocycles. The smallest absolute Gasteiger partial charge is 0.241 e. The van der Waals surface area contributed by atoms with Crippen LogP contribution in [0.25, 0.3) is 0 Å². The highest BCUT2D eigenvalue weighted by Gasteiger charge is 2.23. The Morgan fingerprint density at radius 3 is 2.67 bits per heavy atom. The normalized spacial score (nSPS) is 19.7. The van der Waals surface area contributed by atoms with Crippen molar-refractivity contribution in [3.8, 4) is 0 Å². The maximum absolute atomic E-state index is 12.6. The average Bonchev–Trinajstić information content (AvgIpc) is 2.44. The zero-order valence-corrected chi connectivity index (χ0v) is 13.7. The third-order valence-corrected chi connectivity index (χ3v) is 5.76. The molecule has 1 aromatic carbocycles. The van der Waals surface area contributed by atoms with Crippen molar-refractivity contribution in [1.82, 2.24) is 4.72 Å². The highest BCUT2D eigenvalue weighted by Crippen LogP contribution is 2.28. The van der Waals surface area contributed by atoms with Crippen LogP contribution in [0.3, 0.4) is 0 Å². The second kappa shape index (κ2) is 6.34. The van der Waals surface area contributed by atoms with E-state index >= 15 is 0 Å². The first-order chi connectivity index (χ1) is 9.83. The quantitative estimate of drug-likeness (QED) is 0.832. The predicted octanol–water partition coefficient (Wildman–Crippen LogP) is 1.90. The second-order valence-corrected chi connectivity index (χ2v) is 7.52. The highest BCUT2D eigenvalue weighted by molar-refractivity contribution is 7.89. The van der Waals surface area contributed by atoms with Gasteiger partial charge in [-0.15, -0.1) is 0 Å². The van der Waals surface area contributed by atoms with Gasteiger partial charge in [-0.3, -0.25) is 0 Å². The molecule has 2 rings (SSSR count). The molecule has 1 unspecified atom stereocenters. The fraction of sp³-hybridized carbons (Fsp3) is 0.600. The van der Waals surface area contributed by atoms with Gasteiger partial charge in [0.1, 0.15) is 0 Å². The first-order valence-corrected chi connectivity index (χ1v) is 8.75. The minimum absolute atomic E-state index is 0.247. The van der Waals surface area contributed by atoms with Crippen LogP contribution in [-0.4, -0.2) is 28.2 Å². The fourth-order valence-electron chi connectivity index (χ4n) is 2.86. The maximum Gasteiger partial charge on any atom is 0.241 e. The number of rotatable bonds is 4. The molecule has 0 radical (unpaired) electrons. The zero-order chi connectivity index (χ0) is 15.6. The van der Waals surface area contributed by atoms with Gasteiger partial charge in [-0.2, -0.15) is 0 Å². The molecule has 0 aromatic heterocycles. The van der Waals surface area contributed by atoms with Gasteiger partial charge in [0.15, 0.2) is 0 Å². The van der Waals surface area contributed by atoms with E-state index in [0.29, 0.717) is 29.3 Å². The van der Waals surface area contributed by atoms with Crippen molar-refractivity contribution in [2.45, 2.75) is 38.5 Å². The zero-order valence-electron chi connectivity index (χ0n) is 12.9. The molecule has 1 aromatic rings. The standard InChI is InChI=1S/C15H24N2O3S/c1-10-7-11(2)15(12(3)14(10)16)21(18,19)17-8-13-5-4-6-20-9-13/h7,13,17H,4-6,8-9,16H2,1-3H3.